The van der Waals surface area contributed by atoms with E-state index in [1.165, 1.54) is 4.90 Å². The molecular formula is C24H17ClINO3S. The van der Waals surface area contributed by atoms with E-state index < -0.39 is 0 Å². The van der Waals surface area contributed by atoms with Crippen molar-refractivity contribution in [2.45, 2.75) is 13.2 Å². The predicted octanol–water partition coefficient (Wildman–Crippen LogP) is 6.76. The van der Waals surface area contributed by atoms with Crippen LogP contribution in [0.2, 0.25) is 5.02 Å². The summed E-state index contributed by atoms with van der Waals surface area (Å²) in [5.74, 6) is 0.350. The van der Waals surface area contributed by atoms with E-state index in [9.17, 15) is 9.59 Å². The Bertz CT molecular complexity index is 1150. The highest BCUT2D eigenvalue weighted by Gasteiger charge is 2.35. The Morgan fingerprint density at radius 3 is 2.35 bits per heavy atom. The summed E-state index contributed by atoms with van der Waals surface area (Å²) in [5, 5.41) is 0.322. The van der Waals surface area contributed by atoms with Crippen molar-refractivity contribution in [2.75, 3.05) is 0 Å². The topological polar surface area (TPSA) is 46.6 Å². The molecule has 0 radical (unpaired) electrons. The highest BCUT2D eigenvalue weighted by atomic mass is 127. The van der Waals surface area contributed by atoms with Crippen molar-refractivity contribution >= 4 is 63.2 Å². The fraction of sp³-hybridized carbons (Fsp3) is 0.0833. The molecule has 3 aromatic rings. The molecule has 3 aromatic carbocycles. The van der Waals surface area contributed by atoms with E-state index in [2.05, 4.69) is 22.6 Å². The van der Waals surface area contributed by atoms with Crippen molar-refractivity contribution in [1.82, 2.24) is 4.90 Å². The predicted molar refractivity (Wildman–Crippen MR) is 133 cm³/mol. The van der Waals surface area contributed by atoms with Gasteiger partial charge in [-0.05, 0) is 81.9 Å². The number of halogens is 2. The molecule has 4 nitrogen and oxygen atoms in total. The van der Waals surface area contributed by atoms with Crippen molar-refractivity contribution in [3.63, 3.8) is 0 Å². The van der Waals surface area contributed by atoms with Crippen LogP contribution in [-0.2, 0) is 17.9 Å². The number of imide groups is 1. The number of amides is 2. The molecule has 1 aliphatic rings. The van der Waals surface area contributed by atoms with E-state index in [1.807, 2.05) is 60.7 Å². The van der Waals surface area contributed by atoms with Crippen LogP contribution in [0.15, 0.2) is 77.7 Å². The first kappa shape index (κ1) is 21.9. The van der Waals surface area contributed by atoms with Crippen LogP contribution in [-0.4, -0.2) is 16.0 Å². The summed E-state index contributed by atoms with van der Waals surface area (Å²) in [4.78, 5) is 26.9. The van der Waals surface area contributed by atoms with Crippen LogP contribution in [0.25, 0.3) is 6.08 Å². The minimum Gasteiger partial charge on any atom is -0.488 e. The third-order valence-corrected chi connectivity index (χ3v) is 6.52. The second-order valence-corrected chi connectivity index (χ2v) is 9.52. The van der Waals surface area contributed by atoms with E-state index in [0.29, 0.717) is 22.3 Å². The van der Waals surface area contributed by atoms with Gasteiger partial charge in [0.2, 0.25) is 0 Å². The third kappa shape index (κ3) is 5.50. The highest BCUT2D eigenvalue weighted by Crippen LogP contribution is 2.35. The van der Waals surface area contributed by atoms with Crippen molar-refractivity contribution in [3.05, 3.63) is 103 Å². The van der Waals surface area contributed by atoms with Gasteiger partial charge in [-0.2, -0.15) is 0 Å². The van der Waals surface area contributed by atoms with Crippen molar-refractivity contribution in [1.29, 1.82) is 0 Å². The SMILES string of the molecule is O=C1S/C(=C/c2ccccc2OCc2ccc(I)cc2)C(=O)N1Cc1ccc(Cl)cc1. The van der Waals surface area contributed by atoms with Crippen molar-refractivity contribution < 1.29 is 14.3 Å². The van der Waals surface area contributed by atoms with Gasteiger partial charge in [-0.15, -0.1) is 0 Å². The number of hydrogen-bond donors (Lipinski definition) is 0. The quantitative estimate of drug-likeness (QED) is 0.246. The number of para-hydroxylation sites is 1. The number of ether oxygens (including phenoxy) is 1. The zero-order valence-corrected chi connectivity index (χ0v) is 20.0. The van der Waals surface area contributed by atoms with Crippen molar-refractivity contribution in [3.8, 4) is 5.75 Å². The number of thioether (sulfide) groups is 1. The van der Waals surface area contributed by atoms with Crippen LogP contribution in [0.4, 0.5) is 4.79 Å². The molecule has 7 heteroatoms. The van der Waals surface area contributed by atoms with Crippen LogP contribution in [0, 0.1) is 3.57 Å². The minimum absolute atomic E-state index is 0.212. The number of carbonyl (C=O) groups excluding carboxylic acids is 2. The van der Waals surface area contributed by atoms with Gasteiger partial charge >= 0.3 is 0 Å². The maximum absolute atomic E-state index is 12.9. The molecule has 0 unspecified atom stereocenters. The average molecular weight is 562 g/mol. The lowest BCUT2D eigenvalue weighted by atomic mass is 10.1. The summed E-state index contributed by atoms with van der Waals surface area (Å²) in [6.45, 7) is 0.629. The zero-order valence-electron chi connectivity index (χ0n) is 16.3. The Kier molecular flexibility index (Phi) is 6.99. The lowest BCUT2D eigenvalue weighted by Crippen LogP contribution is -2.27. The van der Waals surface area contributed by atoms with E-state index in [-0.39, 0.29) is 17.7 Å². The molecular weight excluding hydrogens is 545 g/mol. The maximum atomic E-state index is 12.9. The van der Waals surface area contributed by atoms with Crippen LogP contribution >= 0.6 is 46.0 Å². The summed E-state index contributed by atoms with van der Waals surface area (Å²) in [6, 6.07) is 22.7. The molecule has 1 saturated heterocycles. The first-order chi connectivity index (χ1) is 15.0. The van der Waals surface area contributed by atoms with Gasteiger partial charge in [0.1, 0.15) is 12.4 Å². The monoisotopic (exact) mass is 561 g/mol. The number of nitrogens with zero attached hydrogens (tertiary/aromatic N) is 1. The third-order valence-electron chi connectivity index (χ3n) is 4.64. The fourth-order valence-electron chi connectivity index (χ4n) is 3.02. The summed E-state index contributed by atoms with van der Waals surface area (Å²) < 4.78 is 7.15. The Labute approximate surface area is 203 Å². The lowest BCUT2D eigenvalue weighted by molar-refractivity contribution is -0.123. The smallest absolute Gasteiger partial charge is 0.293 e. The maximum Gasteiger partial charge on any atom is 0.293 e. The molecule has 2 amide bonds. The van der Waals surface area contributed by atoms with Gasteiger partial charge in [-0.1, -0.05) is 54.1 Å². The second kappa shape index (κ2) is 9.89. The first-order valence-corrected chi connectivity index (χ1v) is 11.7. The normalized spacial score (nSPS) is 15.0. The molecule has 1 heterocycles. The van der Waals surface area contributed by atoms with E-state index in [4.69, 9.17) is 16.3 Å². The van der Waals surface area contributed by atoms with Gasteiger partial charge in [0.05, 0.1) is 11.4 Å². The molecule has 0 saturated carbocycles. The van der Waals surface area contributed by atoms with Gasteiger partial charge in [0.25, 0.3) is 11.1 Å². The Hall–Kier alpha value is -2.29. The molecule has 0 atom stereocenters. The molecule has 4 rings (SSSR count). The summed E-state index contributed by atoms with van der Waals surface area (Å²) >= 11 is 9.11. The van der Waals surface area contributed by atoms with Gasteiger partial charge in [0, 0.05) is 14.2 Å². The first-order valence-electron chi connectivity index (χ1n) is 9.46. The molecule has 0 aromatic heterocycles. The largest absolute Gasteiger partial charge is 0.488 e. The van der Waals surface area contributed by atoms with Crippen LogP contribution < -0.4 is 4.74 Å². The van der Waals surface area contributed by atoms with Crippen LogP contribution in [0.1, 0.15) is 16.7 Å². The fourth-order valence-corrected chi connectivity index (χ4v) is 4.34. The van der Waals surface area contributed by atoms with E-state index in [1.54, 1.807) is 18.2 Å². The van der Waals surface area contributed by atoms with Gasteiger partial charge < -0.3 is 4.74 Å². The number of hydrogen-bond acceptors (Lipinski definition) is 4. The van der Waals surface area contributed by atoms with Gasteiger partial charge in [0.15, 0.2) is 0 Å². The summed E-state index contributed by atoms with van der Waals surface area (Å²) in [5.41, 5.74) is 2.65. The van der Waals surface area contributed by atoms with Crippen LogP contribution in [0.5, 0.6) is 5.75 Å². The number of carbonyl (C=O) groups is 2. The van der Waals surface area contributed by atoms with E-state index in [0.717, 1.165) is 32.0 Å². The summed E-state index contributed by atoms with van der Waals surface area (Å²) in [7, 11) is 0. The highest BCUT2D eigenvalue weighted by molar-refractivity contribution is 14.1. The molecule has 0 aliphatic carbocycles. The Morgan fingerprint density at radius 1 is 0.935 bits per heavy atom. The van der Waals surface area contributed by atoms with E-state index >= 15 is 0 Å². The average Bonchev–Trinajstić information content (AvgIpc) is 3.03. The molecule has 0 bridgehead atoms. The Morgan fingerprint density at radius 2 is 1.61 bits per heavy atom. The molecule has 1 aliphatic heterocycles. The van der Waals surface area contributed by atoms with Gasteiger partial charge in [-0.25, -0.2) is 0 Å². The summed E-state index contributed by atoms with van der Waals surface area (Å²) in [6.07, 6.45) is 1.72. The van der Waals surface area contributed by atoms with Crippen LogP contribution in [0.3, 0.4) is 0 Å². The standard InChI is InChI=1S/C24H17ClINO3S/c25-19-9-5-16(6-10-19)14-27-23(28)22(31-24(27)29)13-18-3-1-2-4-21(18)30-15-17-7-11-20(26)12-8-17/h1-13H,14-15H2/b22-13+. The zero-order chi connectivity index (χ0) is 21.8. The molecule has 156 valence electrons. The number of rotatable bonds is 6. The lowest BCUT2D eigenvalue weighted by Gasteiger charge is -2.12. The number of benzene rings is 3. The minimum atomic E-state index is -0.308. The molecule has 1 fully saturated rings. The van der Waals surface area contributed by atoms with Gasteiger partial charge in [-0.3, -0.25) is 14.5 Å². The Balaban J connectivity index is 1.50. The second-order valence-electron chi connectivity index (χ2n) is 6.85. The van der Waals surface area contributed by atoms with Crippen molar-refractivity contribution in [2.24, 2.45) is 0 Å². The molecule has 0 N–H and O–H groups in total. The molecule has 31 heavy (non-hydrogen) atoms. The molecule has 0 spiro atoms.